The molecular weight excluding hydrogens is 246 g/mol. The van der Waals surface area contributed by atoms with Crippen LogP contribution in [0.25, 0.3) is 0 Å². The van der Waals surface area contributed by atoms with E-state index < -0.39 is 10.8 Å². The lowest BCUT2D eigenvalue weighted by atomic mass is 10.1. The summed E-state index contributed by atoms with van der Waals surface area (Å²) in [5, 5.41) is 0. The third-order valence-corrected chi connectivity index (χ3v) is 4.82. The van der Waals surface area contributed by atoms with Gasteiger partial charge in [0, 0.05) is 54.0 Å². The van der Waals surface area contributed by atoms with Gasteiger partial charge in [0.05, 0.1) is 6.61 Å². The van der Waals surface area contributed by atoms with Crippen molar-refractivity contribution < 1.29 is 8.95 Å². The van der Waals surface area contributed by atoms with Crippen molar-refractivity contribution in [3.05, 3.63) is 0 Å². The minimum atomic E-state index is -0.549. The molecule has 0 atom stereocenters. The molecule has 0 aromatic carbocycles. The van der Waals surface area contributed by atoms with Crippen molar-refractivity contribution in [1.29, 1.82) is 0 Å². The summed E-state index contributed by atoms with van der Waals surface area (Å²) < 4.78 is 16.9. The molecule has 1 aliphatic heterocycles. The SMILES string of the molecule is CC.CCCOCC1(CN2CCS(=O)CC2)CC1. The molecule has 1 saturated carbocycles. The molecule has 1 saturated heterocycles. The van der Waals surface area contributed by atoms with Gasteiger partial charge in [-0.1, -0.05) is 20.8 Å². The van der Waals surface area contributed by atoms with Gasteiger partial charge in [-0.3, -0.25) is 4.21 Å². The van der Waals surface area contributed by atoms with Crippen LogP contribution in [0.15, 0.2) is 0 Å². The smallest absolute Gasteiger partial charge is 0.0534 e. The zero-order chi connectivity index (χ0) is 13.4. The topological polar surface area (TPSA) is 29.5 Å². The van der Waals surface area contributed by atoms with Crippen LogP contribution in [0.4, 0.5) is 0 Å². The Labute approximate surface area is 115 Å². The van der Waals surface area contributed by atoms with Crippen LogP contribution in [0.3, 0.4) is 0 Å². The monoisotopic (exact) mass is 275 g/mol. The first kappa shape index (κ1) is 16.1. The summed E-state index contributed by atoms with van der Waals surface area (Å²) in [4.78, 5) is 2.48. The Morgan fingerprint density at radius 3 is 2.33 bits per heavy atom. The van der Waals surface area contributed by atoms with Crippen molar-refractivity contribution in [2.45, 2.75) is 40.0 Å². The molecule has 0 aromatic rings. The van der Waals surface area contributed by atoms with Crippen molar-refractivity contribution in [3.63, 3.8) is 0 Å². The van der Waals surface area contributed by atoms with E-state index in [-0.39, 0.29) is 0 Å². The predicted molar refractivity (Wildman–Crippen MR) is 78.4 cm³/mol. The van der Waals surface area contributed by atoms with E-state index in [9.17, 15) is 4.21 Å². The molecule has 3 nitrogen and oxygen atoms in total. The van der Waals surface area contributed by atoms with Crippen molar-refractivity contribution in [2.75, 3.05) is 44.4 Å². The summed E-state index contributed by atoms with van der Waals surface area (Å²) in [7, 11) is -0.549. The van der Waals surface area contributed by atoms with Gasteiger partial charge in [-0.25, -0.2) is 0 Å². The van der Waals surface area contributed by atoms with Crippen LogP contribution in [0, 0.1) is 5.41 Å². The molecule has 0 N–H and O–H groups in total. The Kier molecular flexibility index (Phi) is 7.42. The lowest BCUT2D eigenvalue weighted by Crippen LogP contribution is -2.42. The molecule has 0 bridgehead atoms. The van der Waals surface area contributed by atoms with E-state index in [0.717, 1.165) is 50.8 Å². The van der Waals surface area contributed by atoms with Crippen molar-refractivity contribution >= 4 is 10.8 Å². The predicted octanol–water partition coefficient (Wildman–Crippen LogP) is 2.28. The molecule has 1 aliphatic carbocycles. The molecule has 0 amide bonds. The van der Waals surface area contributed by atoms with Crippen LogP contribution >= 0.6 is 0 Å². The maximum absolute atomic E-state index is 11.3. The molecule has 108 valence electrons. The van der Waals surface area contributed by atoms with E-state index in [2.05, 4.69) is 11.8 Å². The fourth-order valence-corrected chi connectivity index (χ4v) is 3.39. The van der Waals surface area contributed by atoms with Crippen LogP contribution < -0.4 is 0 Å². The zero-order valence-corrected chi connectivity index (χ0v) is 13.1. The number of hydrogen-bond donors (Lipinski definition) is 0. The first-order valence-corrected chi connectivity index (χ1v) is 8.88. The van der Waals surface area contributed by atoms with Gasteiger partial charge >= 0.3 is 0 Å². The molecule has 2 fully saturated rings. The van der Waals surface area contributed by atoms with E-state index in [4.69, 9.17) is 4.74 Å². The maximum Gasteiger partial charge on any atom is 0.0534 e. The van der Waals surface area contributed by atoms with Gasteiger partial charge in [0.1, 0.15) is 0 Å². The van der Waals surface area contributed by atoms with Crippen LogP contribution in [-0.4, -0.2) is 53.5 Å². The average Bonchev–Trinajstić information content (AvgIpc) is 3.15. The molecular formula is C14H29NO2S. The number of ether oxygens (including phenoxy) is 1. The number of nitrogens with zero attached hydrogens (tertiary/aromatic N) is 1. The Balaban J connectivity index is 0.000000771. The number of hydrogen-bond acceptors (Lipinski definition) is 3. The third kappa shape index (κ3) is 5.37. The summed E-state index contributed by atoms with van der Waals surface area (Å²) in [6, 6.07) is 0. The van der Waals surface area contributed by atoms with E-state index >= 15 is 0 Å². The van der Waals surface area contributed by atoms with Crippen molar-refractivity contribution in [3.8, 4) is 0 Å². The Bertz CT molecular complexity index is 244. The minimum Gasteiger partial charge on any atom is -0.381 e. The van der Waals surface area contributed by atoms with Gasteiger partial charge < -0.3 is 9.64 Å². The summed E-state index contributed by atoms with van der Waals surface area (Å²) in [6.45, 7) is 11.2. The van der Waals surface area contributed by atoms with E-state index in [1.807, 2.05) is 13.8 Å². The standard InChI is InChI=1S/C12H23NO2S.C2H6/c1-2-7-15-11-12(3-4-12)10-13-5-8-16(14)9-6-13;1-2/h2-11H2,1H3;1-2H3. The van der Waals surface area contributed by atoms with Crippen molar-refractivity contribution in [1.82, 2.24) is 4.90 Å². The second-order valence-electron chi connectivity index (χ2n) is 5.18. The number of rotatable bonds is 6. The highest BCUT2D eigenvalue weighted by Crippen LogP contribution is 2.46. The van der Waals surface area contributed by atoms with Crippen LogP contribution in [-0.2, 0) is 15.5 Å². The van der Waals surface area contributed by atoms with E-state index in [0.29, 0.717) is 5.41 Å². The molecule has 4 heteroatoms. The van der Waals surface area contributed by atoms with Crippen LogP contribution in [0.1, 0.15) is 40.0 Å². The summed E-state index contributed by atoms with van der Waals surface area (Å²) >= 11 is 0. The minimum absolute atomic E-state index is 0.452. The van der Waals surface area contributed by atoms with E-state index in [1.54, 1.807) is 0 Å². The fourth-order valence-electron chi connectivity index (χ4n) is 2.27. The highest BCUT2D eigenvalue weighted by Gasteiger charge is 2.44. The lowest BCUT2D eigenvalue weighted by molar-refractivity contribution is 0.0724. The highest BCUT2D eigenvalue weighted by atomic mass is 32.2. The van der Waals surface area contributed by atoms with Crippen LogP contribution in [0.2, 0.25) is 0 Å². The van der Waals surface area contributed by atoms with Gasteiger partial charge in [-0.15, -0.1) is 0 Å². The Morgan fingerprint density at radius 2 is 1.83 bits per heavy atom. The summed E-state index contributed by atoms with van der Waals surface area (Å²) in [5.41, 5.74) is 0.452. The molecule has 0 unspecified atom stereocenters. The zero-order valence-electron chi connectivity index (χ0n) is 12.2. The molecule has 18 heavy (non-hydrogen) atoms. The second kappa shape index (κ2) is 8.28. The van der Waals surface area contributed by atoms with Gasteiger partial charge in [-0.05, 0) is 19.3 Å². The van der Waals surface area contributed by atoms with Crippen LogP contribution in [0.5, 0.6) is 0 Å². The summed E-state index contributed by atoms with van der Waals surface area (Å²) in [5.74, 6) is 1.73. The average molecular weight is 275 g/mol. The lowest BCUT2D eigenvalue weighted by Gasteiger charge is -2.30. The van der Waals surface area contributed by atoms with E-state index in [1.165, 1.54) is 12.8 Å². The molecule has 2 aliphatic rings. The Hall–Kier alpha value is 0.0700. The molecule has 0 radical (unpaired) electrons. The van der Waals surface area contributed by atoms with Gasteiger partial charge in [0.15, 0.2) is 0 Å². The van der Waals surface area contributed by atoms with Gasteiger partial charge in [0.2, 0.25) is 0 Å². The first-order valence-electron chi connectivity index (χ1n) is 7.39. The quantitative estimate of drug-likeness (QED) is 0.697. The third-order valence-electron chi connectivity index (χ3n) is 3.54. The fraction of sp³-hybridized carbons (Fsp3) is 1.00. The molecule has 0 spiro atoms. The molecule has 2 rings (SSSR count). The molecule has 1 heterocycles. The largest absolute Gasteiger partial charge is 0.381 e. The first-order chi connectivity index (χ1) is 8.74. The summed E-state index contributed by atoms with van der Waals surface area (Å²) in [6.07, 6.45) is 3.74. The maximum atomic E-state index is 11.3. The van der Waals surface area contributed by atoms with Gasteiger partial charge in [-0.2, -0.15) is 0 Å². The van der Waals surface area contributed by atoms with Gasteiger partial charge in [0.25, 0.3) is 0 Å². The Morgan fingerprint density at radius 1 is 1.22 bits per heavy atom. The normalized spacial score (nSPS) is 23.3. The second-order valence-corrected chi connectivity index (χ2v) is 6.87. The molecule has 0 aromatic heterocycles. The van der Waals surface area contributed by atoms with Crippen molar-refractivity contribution in [2.24, 2.45) is 5.41 Å². The highest BCUT2D eigenvalue weighted by molar-refractivity contribution is 7.85.